The first-order chi connectivity index (χ1) is 18.0. The zero-order valence-corrected chi connectivity index (χ0v) is 24.5. The van der Waals surface area contributed by atoms with Crippen LogP contribution in [-0.2, 0) is 22.4 Å². The Labute approximate surface area is 228 Å². The number of hydrogen-bond acceptors (Lipinski definition) is 7. The molecular formula is C27H38F3N3O5Si. The molecule has 2 heterocycles. The van der Waals surface area contributed by atoms with Crippen LogP contribution < -0.4 is 15.2 Å². The smallest absolute Gasteiger partial charge is 0.423 e. The summed E-state index contributed by atoms with van der Waals surface area (Å²) in [5.41, 5.74) is -3.59. The fourth-order valence-electron chi connectivity index (χ4n) is 4.03. The molecule has 0 atom stereocenters. The molecule has 0 amide bonds. The number of ether oxygens (including phenoxy) is 3. The lowest BCUT2D eigenvalue weighted by molar-refractivity contribution is -0.139. The highest BCUT2D eigenvalue weighted by Gasteiger charge is 2.42. The van der Waals surface area contributed by atoms with Gasteiger partial charge in [-0.1, -0.05) is 25.7 Å². The van der Waals surface area contributed by atoms with Crippen molar-refractivity contribution in [2.24, 2.45) is 0 Å². The molecule has 39 heavy (non-hydrogen) atoms. The first kappa shape index (κ1) is 30.7. The molecule has 12 heteroatoms. The number of esters is 1. The molecule has 8 nitrogen and oxygen atoms in total. The summed E-state index contributed by atoms with van der Waals surface area (Å²) in [5, 5.41) is 4.20. The Bertz CT molecular complexity index is 1210. The second kappa shape index (κ2) is 12.1. The van der Waals surface area contributed by atoms with Crippen LogP contribution in [0.5, 0.6) is 11.6 Å². The number of carbonyl (C=O) groups excluding carboxylic acids is 1. The van der Waals surface area contributed by atoms with Crippen LogP contribution in [0.4, 0.5) is 18.9 Å². The van der Waals surface area contributed by atoms with Gasteiger partial charge >= 0.3 is 12.1 Å². The number of alkyl halides is 3. The van der Waals surface area contributed by atoms with Crippen molar-refractivity contribution in [3.8, 4) is 11.6 Å². The molecule has 216 valence electrons. The molecule has 1 aromatic carbocycles. The van der Waals surface area contributed by atoms with Crippen LogP contribution in [0.3, 0.4) is 0 Å². The van der Waals surface area contributed by atoms with Crippen molar-refractivity contribution in [3.63, 3.8) is 0 Å². The first-order valence-corrected chi connectivity index (χ1v) is 16.8. The number of nitrogens with zero attached hydrogens (tertiary/aromatic N) is 3. The van der Waals surface area contributed by atoms with E-state index >= 15 is 0 Å². The Morgan fingerprint density at radius 3 is 2.33 bits per heavy atom. The van der Waals surface area contributed by atoms with Gasteiger partial charge in [0.2, 0.25) is 0 Å². The largest absolute Gasteiger partial charge is 0.456 e. The quantitative estimate of drug-likeness (QED) is 0.199. The molecule has 1 aromatic heterocycles. The predicted octanol–water partition coefficient (Wildman–Crippen LogP) is 6.31. The highest BCUT2D eigenvalue weighted by molar-refractivity contribution is 6.76. The summed E-state index contributed by atoms with van der Waals surface area (Å²) in [6.45, 7) is 12.1. The normalized spacial score (nSPS) is 14.8. The van der Waals surface area contributed by atoms with Crippen molar-refractivity contribution in [2.45, 2.75) is 84.2 Å². The highest BCUT2D eigenvalue weighted by Crippen LogP contribution is 2.41. The third-order valence-corrected chi connectivity index (χ3v) is 7.65. The number of benzene rings is 1. The van der Waals surface area contributed by atoms with Crippen molar-refractivity contribution < 1.29 is 32.2 Å². The van der Waals surface area contributed by atoms with E-state index in [-0.39, 0.29) is 17.2 Å². The SMILES string of the molecule is CC(C)(C)OC(=O)c1cccc(Oc2nn(COCC[Si](C)(C)C)c(=O)c(C(F)(F)F)c2N2CCCCC2)c1. The van der Waals surface area contributed by atoms with E-state index in [9.17, 15) is 22.8 Å². The number of piperidine rings is 1. The van der Waals surface area contributed by atoms with Crippen molar-refractivity contribution in [1.29, 1.82) is 0 Å². The van der Waals surface area contributed by atoms with Gasteiger partial charge in [0.1, 0.15) is 23.8 Å². The Kier molecular flexibility index (Phi) is 9.53. The second-order valence-corrected chi connectivity index (χ2v) is 17.5. The Balaban J connectivity index is 2.06. The maximum atomic E-state index is 14.4. The van der Waals surface area contributed by atoms with Crippen molar-refractivity contribution in [3.05, 3.63) is 45.7 Å². The van der Waals surface area contributed by atoms with E-state index in [1.165, 1.54) is 29.2 Å². The fourth-order valence-corrected chi connectivity index (χ4v) is 4.78. The van der Waals surface area contributed by atoms with Gasteiger partial charge in [0, 0.05) is 27.8 Å². The van der Waals surface area contributed by atoms with Gasteiger partial charge in [-0.3, -0.25) is 4.79 Å². The van der Waals surface area contributed by atoms with E-state index in [2.05, 4.69) is 24.7 Å². The third kappa shape index (κ3) is 8.82. The van der Waals surface area contributed by atoms with Gasteiger partial charge in [0.25, 0.3) is 11.4 Å². The van der Waals surface area contributed by atoms with Crippen LogP contribution in [-0.4, -0.2) is 49.1 Å². The van der Waals surface area contributed by atoms with Gasteiger partial charge in [-0.15, -0.1) is 5.10 Å². The van der Waals surface area contributed by atoms with Crippen molar-refractivity contribution >= 4 is 19.7 Å². The molecule has 0 unspecified atom stereocenters. The first-order valence-electron chi connectivity index (χ1n) is 13.1. The molecule has 0 spiro atoms. The van der Waals surface area contributed by atoms with E-state index in [1.807, 2.05) is 0 Å². The molecule has 3 rings (SSSR count). The molecule has 1 aliphatic heterocycles. The van der Waals surface area contributed by atoms with Gasteiger partial charge in [0.15, 0.2) is 5.56 Å². The molecule has 0 N–H and O–H groups in total. The lowest BCUT2D eigenvalue weighted by Gasteiger charge is -2.31. The topological polar surface area (TPSA) is 82.9 Å². The lowest BCUT2D eigenvalue weighted by Crippen LogP contribution is -2.38. The van der Waals surface area contributed by atoms with Crippen LogP contribution in [0.1, 0.15) is 56.0 Å². The van der Waals surface area contributed by atoms with E-state index in [4.69, 9.17) is 14.2 Å². The fraction of sp³-hybridized carbons (Fsp3) is 0.593. The maximum absolute atomic E-state index is 14.4. The monoisotopic (exact) mass is 569 g/mol. The predicted molar refractivity (Wildman–Crippen MR) is 145 cm³/mol. The maximum Gasteiger partial charge on any atom is 0.423 e. The number of anilines is 1. The van der Waals surface area contributed by atoms with Crippen LogP contribution in [0.15, 0.2) is 29.1 Å². The zero-order chi connectivity index (χ0) is 29.0. The van der Waals surface area contributed by atoms with Crippen LogP contribution >= 0.6 is 0 Å². The average Bonchev–Trinajstić information content (AvgIpc) is 2.81. The summed E-state index contributed by atoms with van der Waals surface area (Å²) in [7, 11) is -1.46. The standard InChI is InChI=1S/C27H38F3N3O5Si/c1-26(2,3)38-25(35)19-11-10-12-20(17-19)37-23-22(32-13-8-7-9-14-32)21(27(28,29)30)24(34)33(31-23)18-36-15-16-39(4,5)6/h10-12,17H,7-9,13-16,18H2,1-6H3. The summed E-state index contributed by atoms with van der Waals surface area (Å²) >= 11 is 0. The van der Waals surface area contributed by atoms with E-state index in [1.54, 1.807) is 20.8 Å². The van der Waals surface area contributed by atoms with Gasteiger partial charge in [0.05, 0.1) is 5.56 Å². The van der Waals surface area contributed by atoms with Gasteiger partial charge in [-0.2, -0.15) is 17.9 Å². The summed E-state index contributed by atoms with van der Waals surface area (Å²) in [6.07, 6.45) is -2.73. The molecule has 2 aromatic rings. The van der Waals surface area contributed by atoms with E-state index in [0.717, 1.165) is 12.5 Å². The van der Waals surface area contributed by atoms with Gasteiger partial charge < -0.3 is 19.1 Å². The van der Waals surface area contributed by atoms with Crippen molar-refractivity contribution in [2.75, 3.05) is 24.6 Å². The summed E-state index contributed by atoms with van der Waals surface area (Å²) in [5.74, 6) is -0.894. The van der Waals surface area contributed by atoms with Crippen LogP contribution in [0.2, 0.25) is 25.7 Å². The molecule has 0 aliphatic carbocycles. The van der Waals surface area contributed by atoms with E-state index < -0.39 is 49.4 Å². The minimum absolute atomic E-state index is 0.0853. The van der Waals surface area contributed by atoms with Crippen LogP contribution in [0.25, 0.3) is 0 Å². The summed E-state index contributed by atoms with van der Waals surface area (Å²) in [6, 6.07) is 6.72. The third-order valence-electron chi connectivity index (χ3n) is 5.95. The number of halogens is 3. The number of rotatable bonds is 9. The Morgan fingerprint density at radius 1 is 1.08 bits per heavy atom. The molecule has 1 fully saturated rings. The highest BCUT2D eigenvalue weighted by atomic mass is 28.3. The summed E-state index contributed by atoms with van der Waals surface area (Å²) < 4.78 is 60.8. The van der Waals surface area contributed by atoms with Gasteiger partial charge in [-0.05, 0) is 64.3 Å². The number of aromatic nitrogens is 2. The molecule has 0 bridgehead atoms. The number of hydrogen-bond donors (Lipinski definition) is 0. The number of carbonyl (C=O) groups is 1. The van der Waals surface area contributed by atoms with Crippen LogP contribution in [0, 0.1) is 0 Å². The molecule has 0 saturated carbocycles. The minimum atomic E-state index is -4.96. The van der Waals surface area contributed by atoms with E-state index in [0.29, 0.717) is 37.2 Å². The molecule has 1 aliphatic rings. The second-order valence-electron chi connectivity index (χ2n) is 11.9. The Hall–Kier alpha value is -2.86. The molecule has 0 radical (unpaired) electrons. The molecular weight excluding hydrogens is 531 g/mol. The average molecular weight is 570 g/mol. The minimum Gasteiger partial charge on any atom is -0.456 e. The Morgan fingerprint density at radius 2 is 1.74 bits per heavy atom. The van der Waals surface area contributed by atoms with Crippen molar-refractivity contribution in [1.82, 2.24) is 9.78 Å². The lowest BCUT2D eigenvalue weighted by atomic mass is 10.1. The molecule has 1 saturated heterocycles. The summed E-state index contributed by atoms with van der Waals surface area (Å²) in [4.78, 5) is 27.2. The zero-order valence-electron chi connectivity index (χ0n) is 23.5. The van der Waals surface area contributed by atoms with Gasteiger partial charge in [-0.25, -0.2) is 4.79 Å².